The summed E-state index contributed by atoms with van der Waals surface area (Å²) in [5.41, 5.74) is 4.70. The minimum absolute atomic E-state index is 0.111. The van der Waals surface area contributed by atoms with Crippen LogP contribution in [-0.4, -0.2) is 64.7 Å². The summed E-state index contributed by atoms with van der Waals surface area (Å²) in [6.07, 6.45) is 1.66. The van der Waals surface area contributed by atoms with Crippen molar-refractivity contribution >= 4 is 5.91 Å². The monoisotopic (exact) mass is 241 g/mol. The van der Waals surface area contributed by atoms with E-state index in [0.29, 0.717) is 6.54 Å². The molecule has 1 saturated carbocycles. The maximum absolute atomic E-state index is 12.0. The lowest BCUT2D eigenvalue weighted by atomic mass is 10.1. The van der Waals surface area contributed by atoms with Crippen molar-refractivity contribution in [1.82, 2.24) is 9.80 Å². The number of aliphatic hydroxyl groups is 1. The fourth-order valence-corrected chi connectivity index (χ4v) is 2.32. The molecule has 2 rings (SSSR count). The number of rotatable bonds is 3. The Labute approximate surface area is 103 Å². The molecule has 5 heteroatoms. The Morgan fingerprint density at radius 2 is 1.82 bits per heavy atom. The SMILES string of the molecule is CC(C)(O)CN1CCN(C(=O)C2(N)CC2)CC1. The van der Waals surface area contributed by atoms with Crippen LogP contribution in [-0.2, 0) is 4.79 Å². The van der Waals surface area contributed by atoms with Gasteiger partial charge in [-0.1, -0.05) is 0 Å². The van der Waals surface area contributed by atoms with Crippen LogP contribution in [0.5, 0.6) is 0 Å². The minimum Gasteiger partial charge on any atom is -0.389 e. The average Bonchev–Trinajstić information content (AvgIpc) is 2.96. The fourth-order valence-electron chi connectivity index (χ4n) is 2.32. The Kier molecular flexibility index (Phi) is 3.18. The molecule has 1 aliphatic heterocycles. The first-order chi connectivity index (χ1) is 7.80. The second-order valence-corrected chi connectivity index (χ2v) is 6.04. The molecule has 3 N–H and O–H groups in total. The summed E-state index contributed by atoms with van der Waals surface area (Å²) >= 11 is 0. The van der Waals surface area contributed by atoms with Crippen molar-refractivity contribution in [3.8, 4) is 0 Å². The van der Waals surface area contributed by atoms with Gasteiger partial charge in [-0.25, -0.2) is 0 Å². The predicted octanol–water partition coefficient (Wildman–Crippen LogP) is -0.607. The van der Waals surface area contributed by atoms with E-state index in [1.165, 1.54) is 0 Å². The van der Waals surface area contributed by atoms with E-state index in [1.54, 1.807) is 0 Å². The smallest absolute Gasteiger partial charge is 0.242 e. The van der Waals surface area contributed by atoms with Gasteiger partial charge >= 0.3 is 0 Å². The highest BCUT2D eigenvalue weighted by molar-refractivity contribution is 5.89. The molecule has 1 aliphatic carbocycles. The van der Waals surface area contributed by atoms with Crippen molar-refractivity contribution in [1.29, 1.82) is 0 Å². The molecule has 0 aromatic heterocycles. The molecule has 2 fully saturated rings. The molecule has 5 nitrogen and oxygen atoms in total. The molecule has 1 saturated heterocycles. The van der Waals surface area contributed by atoms with Crippen molar-refractivity contribution in [3.63, 3.8) is 0 Å². The van der Waals surface area contributed by atoms with E-state index < -0.39 is 11.1 Å². The molecule has 0 aromatic rings. The summed E-state index contributed by atoms with van der Waals surface area (Å²) in [5.74, 6) is 0.111. The molecule has 0 bridgehead atoms. The largest absolute Gasteiger partial charge is 0.389 e. The third-order valence-corrected chi connectivity index (χ3v) is 3.48. The highest BCUT2D eigenvalue weighted by atomic mass is 16.3. The number of hydrogen-bond donors (Lipinski definition) is 2. The Hall–Kier alpha value is -0.650. The van der Waals surface area contributed by atoms with Crippen LogP contribution in [0.1, 0.15) is 26.7 Å². The van der Waals surface area contributed by atoms with Crippen LogP contribution >= 0.6 is 0 Å². The highest BCUT2D eigenvalue weighted by Gasteiger charge is 2.48. The van der Waals surface area contributed by atoms with Crippen molar-refractivity contribution in [3.05, 3.63) is 0 Å². The van der Waals surface area contributed by atoms with Gasteiger partial charge in [0.2, 0.25) is 5.91 Å². The second-order valence-electron chi connectivity index (χ2n) is 6.04. The average molecular weight is 241 g/mol. The zero-order chi connectivity index (χ0) is 12.7. The van der Waals surface area contributed by atoms with Gasteiger partial charge < -0.3 is 15.7 Å². The summed E-state index contributed by atoms with van der Waals surface area (Å²) in [6, 6.07) is 0. The number of carbonyl (C=O) groups is 1. The van der Waals surface area contributed by atoms with E-state index in [0.717, 1.165) is 39.0 Å². The quantitative estimate of drug-likeness (QED) is 0.692. The number of nitrogens with zero attached hydrogens (tertiary/aromatic N) is 2. The molecular formula is C12H23N3O2. The van der Waals surface area contributed by atoms with Crippen LogP contribution in [0.25, 0.3) is 0 Å². The predicted molar refractivity (Wildman–Crippen MR) is 65.5 cm³/mol. The van der Waals surface area contributed by atoms with Gasteiger partial charge in [0, 0.05) is 32.7 Å². The summed E-state index contributed by atoms with van der Waals surface area (Å²) in [7, 11) is 0. The number of carbonyl (C=O) groups excluding carboxylic acids is 1. The first kappa shape index (κ1) is 12.8. The van der Waals surface area contributed by atoms with Crippen LogP contribution in [0.2, 0.25) is 0 Å². The molecule has 17 heavy (non-hydrogen) atoms. The summed E-state index contributed by atoms with van der Waals surface area (Å²) in [6.45, 7) is 7.38. The highest BCUT2D eigenvalue weighted by Crippen LogP contribution is 2.34. The third kappa shape index (κ3) is 3.18. The van der Waals surface area contributed by atoms with E-state index in [1.807, 2.05) is 18.7 Å². The van der Waals surface area contributed by atoms with Gasteiger partial charge in [0.05, 0.1) is 11.1 Å². The topological polar surface area (TPSA) is 69.8 Å². The Morgan fingerprint density at radius 3 is 2.24 bits per heavy atom. The van der Waals surface area contributed by atoms with Crippen LogP contribution in [0.4, 0.5) is 0 Å². The lowest BCUT2D eigenvalue weighted by Crippen LogP contribution is -2.55. The lowest BCUT2D eigenvalue weighted by Gasteiger charge is -2.38. The zero-order valence-electron chi connectivity index (χ0n) is 10.8. The molecule has 0 aromatic carbocycles. The number of nitrogens with two attached hydrogens (primary N) is 1. The Morgan fingerprint density at radius 1 is 1.29 bits per heavy atom. The Bertz CT molecular complexity index is 299. The van der Waals surface area contributed by atoms with Crippen molar-refractivity contribution in [2.24, 2.45) is 5.73 Å². The van der Waals surface area contributed by atoms with Crippen LogP contribution in [0.3, 0.4) is 0 Å². The van der Waals surface area contributed by atoms with Crippen molar-refractivity contribution in [2.75, 3.05) is 32.7 Å². The molecule has 0 unspecified atom stereocenters. The third-order valence-electron chi connectivity index (χ3n) is 3.48. The van der Waals surface area contributed by atoms with Gasteiger partial charge in [0.1, 0.15) is 0 Å². The molecule has 0 atom stereocenters. The van der Waals surface area contributed by atoms with Gasteiger partial charge in [-0.2, -0.15) is 0 Å². The summed E-state index contributed by atoms with van der Waals surface area (Å²) < 4.78 is 0. The zero-order valence-corrected chi connectivity index (χ0v) is 10.8. The number of piperazine rings is 1. The van der Waals surface area contributed by atoms with Gasteiger partial charge in [-0.15, -0.1) is 0 Å². The molecule has 1 heterocycles. The van der Waals surface area contributed by atoms with Gasteiger partial charge in [0.15, 0.2) is 0 Å². The Balaban J connectivity index is 1.80. The molecule has 98 valence electrons. The van der Waals surface area contributed by atoms with Crippen LogP contribution < -0.4 is 5.73 Å². The van der Waals surface area contributed by atoms with Crippen molar-refractivity contribution < 1.29 is 9.90 Å². The standard InChI is InChI=1S/C12H23N3O2/c1-11(2,17)9-14-5-7-15(8-6-14)10(16)12(13)3-4-12/h17H,3-9,13H2,1-2H3. The van der Waals surface area contributed by atoms with Gasteiger partial charge in [0.25, 0.3) is 0 Å². The van der Waals surface area contributed by atoms with E-state index >= 15 is 0 Å². The van der Waals surface area contributed by atoms with E-state index in [2.05, 4.69) is 4.90 Å². The first-order valence-corrected chi connectivity index (χ1v) is 6.33. The lowest BCUT2D eigenvalue weighted by molar-refractivity contribution is -0.135. The molecular weight excluding hydrogens is 218 g/mol. The number of hydrogen-bond acceptors (Lipinski definition) is 4. The van der Waals surface area contributed by atoms with E-state index in [-0.39, 0.29) is 5.91 Å². The molecule has 2 aliphatic rings. The van der Waals surface area contributed by atoms with Crippen LogP contribution in [0.15, 0.2) is 0 Å². The molecule has 0 spiro atoms. The number of amides is 1. The van der Waals surface area contributed by atoms with Gasteiger partial charge in [-0.3, -0.25) is 9.69 Å². The second kappa shape index (κ2) is 4.23. The fraction of sp³-hybridized carbons (Fsp3) is 0.917. The van der Waals surface area contributed by atoms with Gasteiger partial charge in [-0.05, 0) is 26.7 Å². The maximum Gasteiger partial charge on any atom is 0.242 e. The minimum atomic E-state index is -0.669. The molecule has 0 radical (unpaired) electrons. The molecule has 1 amide bonds. The normalized spacial score (nSPS) is 24.8. The van der Waals surface area contributed by atoms with Crippen LogP contribution in [0, 0.1) is 0 Å². The summed E-state index contributed by atoms with van der Waals surface area (Å²) in [4.78, 5) is 16.1. The van der Waals surface area contributed by atoms with Crippen molar-refractivity contribution in [2.45, 2.75) is 37.8 Å². The van der Waals surface area contributed by atoms with E-state index in [4.69, 9.17) is 5.73 Å². The van der Waals surface area contributed by atoms with E-state index in [9.17, 15) is 9.90 Å². The summed E-state index contributed by atoms with van der Waals surface area (Å²) in [5, 5.41) is 9.74. The first-order valence-electron chi connectivity index (χ1n) is 6.33. The maximum atomic E-state index is 12.0. The number of β-amino-alcohol motifs (C(OH)–C–C–N with tert-alkyl or cyclic N) is 1.